The lowest BCUT2D eigenvalue weighted by Crippen LogP contribution is -2.45. The van der Waals surface area contributed by atoms with E-state index in [9.17, 15) is 4.79 Å². The van der Waals surface area contributed by atoms with Gasteiger partial charge in [-0.1, -0.05) is 12.5 Å². The molecule has 4 heteroatoms. The zero-order valence-corrected chi connectivity index (χ0v) is 13.4. The lowest BCUT2D eigenvalue weighted by molar-refractivity contribution is 0.206. The number of nitrogens with zero attached hydrogens (tertiary/aromatic N) is 1. The summed E-state index contributed by atoms with van der Waals surface area (Å²) >= 11 is 0. The van der Waals surface area contributed by atoms with E-state index in [2.05, 4.69) is 28.5 Å². The molecule has 1 aromatic carbocycles. The van der Waals surface area contributed by atoms with Crippen LogP contribution in [0, 0.1) is 13.8 Å². The molecule has 0 bridgehead atoms. The number of hydrogen-bond donors (Lipinski definition) is 2. The van der Waals surface area contributed by atoms with E-state index >= 15 is 0 Å². The molecule has 1 heterocycles. The summed E-state index contributed by atoms with van der Waals surface area (Å²) < 4.78 is 0. The number of rotatable bonds is 4. The number of carbonyl (C=O) groups excluding carboxylic acids is 1. The van der Waals surface area contributed by atoms with E-state index in [0.29, 0.717) is 0 Å². The fourth-order valence-electron chi connectivity index (χ4n) is 3.01. The van der Waals surface area contributed by atoms with E-state index in [0.717, 1.165) is 36.4 Å². The summed E-state index contributed by atoms with van der Waals surface area (Å²) in [7, 11) is 0. The highest BCUT2D eigenvalue weighted by atomic mass is 16.2. The van der Waals surface area contributed by atoms with Gasteiger partial charge in [-0.2, -0.15) is 0 Å². The Bertz CT molecular complexity index is 461. The highest BCUT2D eigenvalue weighted by Crippen LogP contribution is 2.13. The van der Waals surface area contributed by atoms with Crippen molar-refractivity contribution in [3.63, 3.8) is 0 Å². The van der Waals surface area contributed by atoms with E-state index in [1.54, 1.807) is 0 Å². The van der Waals surface area contributed by atoms with Gasteiger partial charge in [-0.15, -0.1) is 0 Å². The van der Waals surface area contributed by atoms with Crippen molar-refractivity contribution in [2.75, 3.05) is 25.0 Å². The SMILES string of the molecule is Cc1cc(C)cc(NC(=O)NC(C)CN2CCCCC2)c1. The quantitative estimate of drug-likeness (QED) is 0.893. The Labute approximate surface area is 127 Å². The van der Waals surface area contributed by atoms with Gasteiger partial charge < -0.3 is 15.5 Å². The van der Waals surface area contributed by atoms with Crippen LogP contribution < -0.4 is 10.6 Å². The number of carbonyl (C=O) groups is 1. The van der Waals surface area contributed by atoms with Crippen molar-refractivity contribution in [1.29, 1.82) is 0 Å². The third-order valence-corrected chi connectivity index (χ3v) is 3.84. The van der Waals surface area contributed by atoms with Crippen molar-refractivity contribution in [2.24, 2.45) is 0 Å². The van der Waals surface area contributed by atoms with Crippen molar-refractivity contribution in [3.05, 3.63) is 29.3 Å². The normalized spacial score (nSPS) is 17.3. The molecule has 1 atom stereocenters. The van der Waals surface area contributed by atoms with Crippen molar-refractivity contribution < 1.29 is 4.79 Å². The van der Waals surface area contributed by atoms with Crippen LogP contribution in [0.5, 0.6) is 0 Å². The van der Waals surface area contributed by atoms with Gasteiger partial charge in [0.25, 0.3) is 0 Å². The highest BCUT2D eigenvalue weighted by Gasteiger charge is 2.14. The van der Waals surface area contributed by atoms with Gasteiger partial charge in [0.05, 0.1) is 0 Å². The van der Waals surface area contributed by atoms with Gasteiger partial charge in [0.15, 0.2) is 0 Å². The molecular formula is C17H27N3O. The number of hydrogen-bond acceptors (Lipinski definition) is 2. The third-order valence-electron chi connectivity index (χ3n) is 3.84. The van der Waals surface area contributed by atoms with E-state index in [-0.39, 0.29) is 12.1 Å². The molecule has 0 aromatic heterocycles. The minimum Gasteiger partial charge on any atom is -0.334 e. The van der Waals surface area contributed by atoms with Gasteiger partial charge in [-0.25, -0.2) is 4.79 Å². The third kappa shape index (κ3) is 5.38. The molecule has 1 fully saturated rings. The maximum Gasteiger partial charge on any atom is 0.319 e. The minimum atomic E-state index is -0.121. The average molecular weight is 289 g/mol. The summed E-state index contributed by atoms with van der Waals surface area (Å²) in [6, 6.07) is 6.12. The number of likely N-dealkylation sites (tertiary alicyclic amines) is 1. The van der Waals surface area contributed by atoms with Crippen LogP contribution >= 0.6 is 0 Å². The fraction of sp³-hybridized carbons (Fsp3) is 0.588. The molecule has 2 N–H and O–H groups in total. The number of aryl methyl sites for hydroxylation is 2. The van der Waals surface area contributed by atoms with Crippen LogP contribution in [0.1, 0.15) is 37.3 Å². The maximum atomic E-state index is 12.0. The molecule has 1 aliphatic rings. The number of benzene rings is 1. The van der Waals surface area contributed by atoms with E-state index in [1.807, 2.05) is 26.0 Å². The Balaban J connectivity index is 1.80. The number of anilines is 1. The summed E-state index contributed by atoms with van der Waals surface area (Å²) in [6.07, 6.45) is 3.90. The zero-order valence-electron chi connectivity index (χ0n) is 13.4. The van der Waals surface area contributed by atoms with Crippen LogP contribution in [0.4, 0.5) is 10.5 Å². The molecule has 0 aliphatic carbocycles. The second-order valence-electron chi connectivity index (χ2n) is 6.24. The molecule has 1 aliphatic heterocycles. The molecule has 1 unspecified atom stereocenters. The molecule has 0 spiro atoms. The smallest absolute Gasteiger partial charge is 0.319 e. The number of piperidine rings is 1. The summed E-state index contributed by atoms with van der Waals surface area (Å²) in [5.74, 6) is 0. The monoisotopic (exact) mass is 289 g/mol. The molecule has 4 nitrogen and oxygen atoms in total. The first-order valence-corrected chi connectivity index (χ1v) is 7.91. The van der Waals surface area contributed by atoms with Crippen molar-refractivity contribution in [1.82, 2.24) is 10.2 Å². The van der Waals surface area contributed by atoms with Crippen molar-refractivity contribution in [2.45, 2.75) is 46.1 Å². The maximum absolute atomic E-state index is 12.0. The predicted octanol–water partition coefficient (Wildman–Crippen LogP) is 3.30. The van der Waals surface area contributed by atoms with Crippen LogP contribution in [-0.4, -0.2) is 36.6 Å². The first-order valence-electron chi connectivity index (χ1n) is 7.91. The van der Waals surface area contributed by atoms with Crippen LogP contribution in [0.15, 0.2) is 18.2 Å². The minimum absolute atomic E-state index is 0.121. The second-order valence-corrected chi connectivity index (χ2v) is 6.24. The Hall–Kier alpha value is -1.55. The lowest BCUT2D eigenvalue weighted by atomic mass is 10.1. The molecule has 21 heavy (non-hydrogen) atoms. The Morgan fingerprint density at radius 3 is 2.38 bits per heavy atom. The Kier molecular flexibility index (Phi) is 5.62. The van der Waals surface area contributed by atoms with E-state index in [4.69, 9.17) is 0 Å². The summed E-state index contributed by atoms with van der Waals surface area (Å²) in [6.45, 7) is 9.38. The molecule has 116 valence electrons. The molecule has 1 saturated heterocycles. The van der Waals surface area contributed by atoms with Gasteiger partial charge in [0.2, 0.25) is 0 Å². The topological polar surface area (TPSA) is 44.4 Å². The van der Waals surface area contributed by atoms with E-state index in [1.165, 1.54) is 19.3 Å². The number of urea groups is 1. The zero-order chi connectivity index (χ0) is 15.2. The largest absolute Gasteiger partial charge is 0.334 e. The van der Waals surface area contributed by atoms with Gasteiger partial charge in [-0.3, -0.25) is 0 Å². The molecule has 0 radical (unpaired) electrons. The van der Waals surface area contributed by atoms with E-state index < -0.39 is 0 Å². The first kappa shape index (κ1) is 15.8. The second kappa shape index (κ2) is 7.46. The lowest BCUT2D eigenvalue weighted by Gasteiger charge is -2.29. The average Bonchev–Trinajstić information content (AvgIpc) is 2.37. The highest BCUT2D eigenvalue weighted by molar-refractivity contribution is 5.89. The van der Waals surface area contributed by atoms with Crippen LogP contribution in [-0.2, 0) is 0 Å². The Morgan fingerprint density at radius 1 is 1.14 bits per heavy atom. The van der Waals surface area contributed by atoms with Crippen LogP contribution in [0.25, 0.3) is 0 Å². The van der Waals surface area contributed by atoms with Crippen LogP contribution in [0.3, 0.4) is 0 Å². The molecule has 0 saturated carbocycles. The fourth-order valence-corrected chi connectivity index (χ4v) is 3.01. The summed E-state index contributed by atoms with van der Waals surface area (Å²) in [5.41, 5.74) is 3.17. The van der Waals surface area contributed by atoms with Gasteiger partial charge in [0, 0.05) is 18.3 Å². The van der Waals surface area contributed by atoms with Gasteiger partial charge >= 0.3 is 6.03 Å². The molecule has 1 aromatic rings. The molecule has 2 amide bonds. The van der Waals surface area contributed by atoms with Gasteiger partial charge in [-0.05, 0) is 70.0 Å². The Morgan fingerprint density at radius 2 is 1.76 bits per heavy atom. The number of amides is 2. The molecular weight excluding hydrogens is 262 g/mol. The van der Waals surface area contributed by atoms with Crippen molar-refractivity contribution in [3.8, 4) is 0 Å². The van der Waals surface area contributed by atoms with Gasteiger partial charge in [0.1, 0.15) is 0 Å². The summed E-state index contributed by atoms with van der Waals surface area (Å²) in [4.78, 5) is 14.5. The molecule has 2 rings (SSSR count). The summed E-state index contributed by atoms with van der Waals surface area (Å²) in [5, 5.41) is 5.95. The predicted molar refractivity (Wildman–Crippen MR) is 87.8 cm³/mol. The standard InChI is InChI=1S/C17H27N3O/c1-13-9-14(2)11-16(10-13)19-17(21)18-15(3)12-20-7-5-4-6-8-20/h9-11,15H,4-8,12H2,1-3H3,(H2,18,19,21). The van der Waals surface area contributed by atoms with Crippen molar-refractivity contribution >= 4 is 11.7 Å². The first-order chi connectivity index (χ1) is 10.0. The van der Waals surface area contributed by atoms with Crippen LogP contribution in [0.2, 0.25) is 0 Å². The number of nitrogens with one attached hydrogen (secondary N) is 2.